The number of ether oxygens (including phenoxy) is 1. The van der Waals surface area contributed by atoms with Crippen LogP contribution in [-0.2, 0) is 0 Å². The molecule has 1 heterocycles. The van der Waals surface area contributed by atoms with Gasteiger partial charge < -0.3 is 20.3 Å². The molecule has 7 heteroatoms. The summed E-state index contributed by atoms with van der Waals surface area (Å²) in [7, 11) is 1.50. The van der Waals surface area contributed by atoms with Gasteiger partial charge in [0, 0.05) is 38.8 Å². The highest BCUT2D eigenvalue weighted by molar-refractivity contribution is 6.42. The highest BCUT2D eigenvalue weighted by atomic mass is 35.5. The fourth-order valence-electron chi connectivity index (χ4n) is 2.41. The Morgan fingerprint density at radius 1 is 1.32 bits per heavy atom. The molecule has 0 atom stereocenters. The van der Waals surface area contributed by atoms with Gasteiger partial charge in [0.1, 0.15) is 5.75 Å². The predicted octanol–water partition coefficient (Wildman–Crippen LogP) is 2.03. The Hall–Kier alpha value is -1.01. The molecule has 0 aliphatic carbocycles. The molecule has 1 aliphatic heterocycles. The highest BCUT2D eigenvalue weighted by Crippen LogP contribution is 2.30. The van der Waals surface area contributed by atoms with Crippen LogP contribution in [0.3, 0.4) is 0 Å². The Morgan fingerprint density at radius 2 is 2.00 bits per heavy atom. The monoisotopic (exact) mass is 345 g/mol. The van der Waals surface area contributed by atoms with E-state index < -0.39 is 0 Å². The van der Waals surface area contributed by atoms with Gasteiger partial charge in [0.05, 0.1) is 22.7 Å². The number of nitrogens with one attached hydrogen (secondary N) is 2. The molecule has 0 bridgehead atoms. The maximum Gasteiger partial charge on any atom is 0.255 e. The summed E-state index contributed by atoms with van der Waals surface area (Å²) < 4.78 is 5.18. The van der Waals surface area contributed by atoms with Crippen molar-refractivity contribution in [3.63, 3.8) is 0 Å². The zero-order valence-electron chi connectivity index (χ0n) is 12.6. The smallest absolute Gasteiger partial charge is 0.255 e. The van der Waals surface area contributed by atoms with E-state index >= 15 is 0 Å². The molecule has 1 aliphatic rings. The zero-order valence-corrected chi connectivity index (χ0v) is 14.1. The number of hydrogen-bond acceptors (Lipinski definition) is 4. The summed E-state index contributed by atoms with van der Waals surface area (Å²) in [5.74, 6) is 0.227. The van der Waals surface area contributed by atoms with E-state index in [-0.39, 0.29) is 5.91 Å². The van der Waals surface area contributed by atoms with E-state index in [0.717, 1.165) is 39.1 Å². The molecular formula is C15H21Cl2N3O2. The Labute approximate surface area is 140 Å². The second-order valence-corrected chi connectivity index (χ2v) is 5.98. The standard InChI is InChI=1S/C15H21Cl2N3O2/c1-22-14-10-13(17)12(16)9-11(14)15(21)19-3-2-6-20-7-4-18-5-8-20/h9-10,18H,2-8H2,1H3,(H,19,21). The minimum Gasteiger partial charge on any atom is -0.496 e. The first-order chi connectivity index (χ1) is 10.6. The quantitative estimate of drug-likeness (QED) is 0.774. The molecule has 2 N–H and O–H groups in total. The number of halogens is 2. The van der Waals surface area contributed by atoms with Gasteiger partial charge in [-0.1, -0.05) is 23.2 Å². The van der Waals surface area contributed by atoms with E-state index in [9.17, 15) is 4.79 Å². The third-order valence-electron chi connectivity index (χ3n) is 3.63. The first-order valence-electron chi connectivity index (χ1n) is 7.36. The number of rotatable bonds is 6. The van der Waals surface area contributed by atoms with Crippen LogP contribution in [0, 0.1) is 0 Å². The molecule has 122 valence electrons. The predicted molar refractivity (Wildman–Crippen MR) is 89.3 cm³/mol. The summed E-state index contributed by atoms with van der Waals surface area (Å²) >= 11 is 11.9. The van der Waals surface area contributed by atoms with Crippen LogP contribution in [0.15, 0.2) is 12.1 Å². The molecule has 1 aromatic rings. The average molecular weight is 346 g/mol. The van der Waals surface area contributed by atoms with Crippen LogP contribution in [0.2, 0.25) is 10.0 Å². The van der Waals surface area contributed by atoms with Crippen LogP contribution in [0.1, 0.15) is 16.8 Å². The van der Waals surface area contributed by atoms with Crippen molar-refractivity contribution in [2.75, 3.05) is 46.4 Å². The molecule has 1 saturated heterocycles. The normalized spacial score (nSPS) is 15.6. The topological polar surface area (TPSA) is 53.6 Å². The Kier molecular flexibility index (Phi) is 6.76. The van der Waals surface area contributed by atoms with Crippen molar-refractivity contribution in [2.24, 2.45) is 0 Å². The number of benzene rings is 1. The number of carbonyl (C=O) groups is 1. The molecule has 0 radical (unpaired) electrons. The molecule has 0 spiro atoms. The number of methoxy groups -OCH3 is 1. The lowest BCUT2D eigenvalue weighted by Gasteiger charge is -2.27. The van der Waals surface area contributed by atoms with Crippen molar-refractivity contribution in [1.29, 1.82) is 0 Å². The van der Waals surface area contributed by atoms with E-state index in [2.05, 4.69) is 15.5 Å². The maximum absolute atomic E-state index is 12.2. The van der Waals surface area contributed by atoms with Crippen LogP contribution in [0.25, 0.3) is 0 Å². The number of piperazine rings is 1. The van der Waals surface area contributed by atoms with Crippen molar-refractivity contribution in [1.82, 2.24) is 15.5 Å². The molecule has 0 saturated carbocycles. The molecule has 2 rings (SSSR count). The summed E-state index contributed by atoms with van der Waals surface area (Å²) in [6.45, 7) is 5.80. The lowest BCUT2D eigenvalue weighted by Crippen LogP contribution is -2.44. The number of nitrogens with zero attached hydrogens (tertiary/aromatic N) is 1. The van der Waals surface area contributed by atoms with Crippen LogP contribution in [0.5, 0.6) is 5.75 Å². The summed E-state index contributed by atoms with van der Waals surface area (Å²) in [4.78, 5) is 14.6. The second-order valence-electron chi connectivity index (χ2n) is 5.17. The molecule has 22 heavy (non-hydrogen) atoms. The van der Waals surface area contributed by atoms with Gasteiger partial charge >= 0.3 is 0 Å². The van der Waals surface area contributed by atoms with Crippen LogP contribution in [0.4, 0.5) is 0 Å². The SMILES string of the molecule is COc1cc(Cl)c(Cl)cc1C(=O)NCCCN1CCNCC1. The van der Waals surface area contributed by atoms with Gasteiger partial charge in [-0.3, -0.25) is 4.79 Å². The summed E-state index contributed by atoms with van der Waals surface area (Å²) in [5, 5.41) is 6.93. The Bertz CT molecular complexity index is 520. The molecule has 5 nitrogen and oxygen atoms in total. The second kappa shape index (κ2) is 8.58. The fraction of sp³-hybridized carbons (Fsp3) is 0.533. The van der Waals surface area contributed by atoms with Crippen LogP contribution in [-0.4, -0.2) is 57.2 Å². The zero-order chi connectivity index (χ0) is 15.9. The molecule has 1 aromatic carbocycles. The Balaban J connectivity index is 1.83. The van der Waals surface area contributed by atoms with Gasteiger partial charge in [-0.25, -0.2) is 0 Å². The first-order valence-corrected chi connectivity index (χ1v) is 8.11. The van der Waals surface area contributed by atoms with Crippen LogP contribution < -0.4 is 15.4 Å². The fourth-order valence-corrected chi connectivity index (χ4v) is 2.73. The molecule has 1 amide bonds. The largest absolute Gasteiger partial charge is 0.496 e. The maximum atomic E-state index is 12.2. The third kappa shape index (κ3) is 4.74. The number of hydrogen-bond donors (Lipinski definition) is 2. The van der Waals surface area contributed by atoms with Gasteiger partial charge in [-0.15, -0.1) is 0 Å². The van der Waals surface area contributed by atoms with Gasteiger partial charge in [-0.05, 0) is 19.0 Å². The lowest BCUT2D eigenvalue weighted by molar-refractivity contribution is 0.0948. The highest BCUT2D eigenvalue weighted by Gasteiger charge is 2.15. The average Bonchev–Trinajstić information content (AvgIpc) is 2.54. The van der Waals surface area contributed by atoms with Crippen molar-refractivity contribution >= 4 is 29.1 Å². The van der Waals surface area contributed by atoms with E-state index in [1.54, 1.807) is 6.07 Å². The van der Waals surface area contributed by atoms with Gasteiger partial charge in [0.25, 0.3) is 5.91 Å². The van der Waals surface area contributed by atoms with Gasteiger partial charge in [-0.2, -0.15) is 0 Å². The summed E-state index contributed by atoms with van der Waals surface area (Å²) in [6, 6.07) is 3.09. The van der Waals surface area contributed by atoms with Crippen LogP contribution >= 0.6 is 23.2 Å². The molecular weight excluding hydrogens is 325 g/mol. The van der Waals surface area contributed by atoms with Gasteiger partial charge in [0.15, 0.2) is 0 Å². The molecule has 0 aromatic heterocycles. The third-order valence-corrected chi connectivity index (χ3v) is 4.36. The summed E-state index contributed by atoms with van der Waals surface area (Å²) in [5.41, 5.74) is 0.402. The van der Waals surface area contributed by atoms with Crippen molar-refractivity contribution in [3.8, 4) is 5.75 Å². The minimum atomic E-state index is -0.198. The van der Waals surface area contributed by atoms with Crippen molar-refractivity contribution in [3.05, 3.63) is 27.7 Å². The van der Waals surface area contributed by atoms with Crippen molar-refractivity contribution in [2.45, 2.75) is 6.42 Å². The number of carbonyl (C=O) groups excluding carboxylic acids is 1. The minimum absolute atomic E-state index is 0.198. The van der Waals surface area contributed by atoms with Gasteiger partial charge in [0.2, 0.25) is 0 Å². The van der Waals surface area contributed by atoms with E-state index in [1.165, 1.54) is 13.2 Å². The number of amides is 1. The lowest BCUT2D eigenvalue weighted by atomic mass is 10.2. The van der Waals surface area contributed by atoms with Crippen molar-refractivity contribution < 1.29 is 9.53 Å². The van der Waals surface area contributed by atoms with E-state index in [1.807, 2.05) is 0 Å². The van der Waals surface area contributed by atoms with E-state index in [4.69, 9.17) is 27.9 Å². The molecule has 0 unspecified atom stereocenters. The van der Waals surface area contributed by atoms with E-state index in [0.29, 0.717) is 27.9 Å². The molecule has 1 fully saturated rings. The Morgan fingerprint density at radius 3 is 2.68 bits per heavy atom. The first kappa shape index (κ1) is 17.3. The summed E-state index contributed by atoms with van der Waals surface area (Å²) in [6.07, 6.45) is 0.912.